The zero-order valence-corrected chi connectivity index (χ0v) is 19.0. The molecule has 0 aliphatic carbocycles. The molecule has 3 rings (SSSR count). The van der Waals surface area contributed by atoms with Crippen LogP contribution in [0.3, 0.4) is 0 Å². The first-order valence-electron chi connectivity index (χ1n) is 10.3. The number of methoxy groups -OCH3 is 1. The zero-order chi connectivity index (χ0) is 22.1. The molecule has 8 heteroatoms. The highest BCUT2D eigenvalue weighted by atomic mass is 32.2. The molecule has 0 bridgehead atoms. The van der Waals surface area contributed by atoms with E-state index in [2.05, 4.69) is 10.6 Å². The van der Waals surface area contributed by atoms with Crippen LogP contribution in [0.5, 0.6) is 0 Å². The fourth-order valence-electron chi connectivity index (χ4n) is 4.16. The largest absolute Gasteiger partial charge is 0.383 e. The number of thioether (sulfide) groups is 1. The monoisotopic (exact) mass is 433 g/mol. The number of hydrogen-bond acceptors (Lipinski definition) is 5. The molecule has 0 spiro atoms. The molecule has 0 saturated carbocycles. The van der Waals surface area contributed by atoms with Gasteiger partial charge in [-0.15, -0.1) is 11.8 Å². The lowest BCUT2D eigenvalue weighted by atomic mass is 9.98. The molecule has 30 heavy (non-hydrogen) atoms. The van der Waals surface area contributed by atoms with Gasteiger partial charge in [0.2, 0.25) is 11.8 Å². The summed E-state index contributed by atoms with van der Waals surface area (Å²) in [7, 11) is 1.57. The SMILES string of the molecule is COCCNC(=O)[C@H](CC(C)C)NC(=O)[C@H]1N2C(=O)c3ccccc3C2SC1(C)C. The van der Waals surface area contributed by atoms with Crippen LogP contribution in [0.25, 0.3) is 0 Å². The Morgan fingerprint density at radius 3 is 2.63 bits per heavy atom. The Kier molecular flexibility index (Phi) is 6.77. The molecule has 2 aliphatic heterocycles. The van der Waals surface area contributed by atoms with E-state index in [1.165, 1.54) is 0 Å². The Bertz CT molecular complexity index is 826. The van der Waals surface area contributed by atoms with Crippen LogP contribution < -0.4 is 10.6 Å². The van der Waals surface area contributed by atoms with Crippen LogP contribution in [0.4, 0.5) is 0 Å². The van der Waals surface area contributed by atoms with E-state index >= 15 is 0 Å². The third-order valence-corrected chi connectivity index (χ3v) is 7.03. The van der Waals surface area contributed by atoms with Gasteiger partial charge in [0, 0.05) is 24.0 Å². The predicted molar refractivity (Wildman–Crippen MR) is 117 cm³/mol. The Hall–Kier alpha value is -2.06. The third kappa shape index (κ3) is 4.34. The van der Waals surface area contributed by atoms with E-state index in [9.17, 15) is 14.4 Å². The minimum Gasteiger partial charge on any atom is -0.383 e. The van der Waals surface area contributed by atoms with Gasteiger partial charge in [-0.05, 0) is 37.8 Å². The molecule has 164 valence electrons. The highest BCUT2D eigenvalue weighted by Crippen LogP contribution is 2.56. The first-order valence-corrected chi connectivity index (χ1v) is 11.2. The summed E-state index contributed by atoms with van der Waals surface area (Å²) in [5, 5.41) is 5.56. The van der Waals surface area contributed by atoms with Crippen LogP contribution in [0, 0.1) is 5.92 Å². The Balaban J connectivity index is 1.80. The summed E-state index contributed by atoms with van der Waals surface area (Å²) in [6.07, 6.45) is 0.516. The van der Waals surface area contributed by atoms with E-state index in [0.29, 0.717) is 25.1 Å². The van der Waals surface area contributed by atoms with Crippen LogP contribution >= 0.6 is 11.8 Å². The maximum absolute atomic E-state index is 13.4. The lowest BCUT2D eigenvalue weighted by Crippen LogP contribution is -2.57. The van der Waals surface area contributed by atoms with Gasteiger partial charge in [0.05, 0.1) is 6.61 Å². The number of carbonyl (C=O) groups excluding carboxylic acids is 3. The summed E-state index contributed by atoms with van der Waals surface area (Å²) in [5.41, 5.74) is 1.60. The fraction of sp³-hybridized carbons (Fsp3) is 0.591. The number of fused-ring (bicyclic) bond motifs is 3. The molecular formula is C22H31N3O4S. The van der Waals surface area contributed by atoms with Gasteiger partial charge in [-0.1, -0.05) is 32.0 Å². The van der Waals surface area contributed by atoms with Gasteiger partial charge >= 0.3 is 0 Å². The molecule has 2 heterocycles. The number of amides is 3. The molecule has 0 aromatic heterocycles. The van der Waals surface area contributed by atoms with E-state index in [1.54, 1.807) is 23.8 Å². The molecule has 0 radical (unpaired) electrons. The summed E-state index contributed by atoms with van der Waals surface area (Å²) in [6.45, 7) is 8.76. The number of rotatable bonds is 8. The second-order valence-electron chi connectivity index (χ2n) is 8.75. The van der Waals surface area contributed by atoms with Crippen molar-refractivity contribution >= 4 is 29.5 Å². The van der Waals surface area contributed by atoms with E-state index in [0.717, 1.165) is 5.56 Å². The Morgan fingerprint density at radius 2 is 1.97 bits per heavy atom. The number of carbonyl (C=O) groups is 3. The highest BCUT2D eigenvalue weighted by Gasteiger charge is 2.57. The Morgan fingerprint density at radius 1 is 1.27 bits per heavy atom. The quantitative estimate of drug-likeness (QED) is 0.615. The fourth-order valence-corrected chi connectivity index (χ4v) is 5.75. The highest BCUT2D eigenvalue weighted by molar-refractivity contribution is 8.01. The number of nitrogens with one attached hydrogen (secondary N) is 2. The van der Waals surface area contributed by atoms with Crippen LogP contribution in [-0.4, -0.2) is 59.7 Å². The molecule has 1 fully saturated rings. The van der Waals surface area contributed by atoms with Crippen LogP contribution in [0.2, 0.25) is 0 Å². The molecule has 1 unspecified atom stereocenters. The van der Waals surface area contributed by atoms with Crippen LogP contribution in [0.1, 0.15) is 55.4 Å². The van der Waals surface area contributed by atoms with Gasteiger partial charge in [0.25, 0.3) is 5.91 Å². The molecule has 7 nitrogen and oxygen atoms in total. The average Bonchev–Trinajstić information content (AvgIpc) is 3.10. The van der Waals surface area contributed by atoms with Crippen molar-refractivity contribution in [1.82, 2.24) is 15.5 Å². The summed E-state index contributed by atoms with van der Waals surface area (Å²) in [4.78, 5) is 40.8. The van der Waals surface area contributed by atoms with Crippen molar-refractivity contribution in [3.63, 3.8) is 0 Å². The first-order chi connectivity index (χ1) is 14.2. The van der Waals surface area contributed by atoms with Gasteiger partial charge in [0.15, 0.2) is 0 Å². The topological polar surface area (TPSA) is 87.7 Å². The van der Waals surface area contributed by atoms with E-state index in [4.69, 9.17) is 4.74 Å². The zero-order valence-electron chi connectivity index (χ0n) is 18.2. The van der Waals surface area contributed by atoms with E-state index in [1.807, 2.05) is 52.0 Å². The van der Waals surface area contributed by atoms with Crippen molar-refractivity contribution in [3.8, 4) is 0 Å². The molecule has 1 aromatic carbocycles. The molecule has 1 saturated heterocycles. The summed E-state index contributed by atoms with van der Waals surface area (Å²) in [6, 6.07) is 6.20. The number of nitrogens with zero attached hydrogens (tertiary/aromatic N) is 1. The van der Waals surface area contributed by atoms with E-state index in [-0.39, 0.29) is 29.0 Å². The molecule has 2 aliphatic rings. The molecule has 3 atom stereocenters. The second-order valence-corrected chi connectivity index (χ2v) is 10.5. The van der Waals surface area contributed by atoms with Crippen molar-refractivity contribution in [2.24, 2.45) is 5.92 Å². The smallest absolute Gasteiger partial charge is 0.256 e. The average molecular weight is 434 g/mol. The van der Waals surface area contributed by atoms with Gasteiger partial charge in [-0.3, -0.25) is 14.4 Å². The summed E-state index contributed by atoms with van der Waals surface area (Å²) in [5.74, 6) is -0.424. The van der Waals surface area contributed by atoms with Crippen LogP contribution in [0.15, 0.2) is 24.3 Å². The molecule has 1 aromatic rings. The maximum Gasteiger partial charge on any atom is 0.256 e. The number of hydrogen-bond donors (Lipinski definition) is 2. The van der Waals surface area contributed by atoms with Gasteiger partial charge in [-0.2, -0.15) is 0 Å². The van der Waals surface area contributed by atoms with Crippen molar-refractivity contribution in [2.45, 2.75) is 56.3 Å². The van der Waals surface area contributed by atoms with Crippen LogP contribution in [-0.2, 0) is 14.3 Å². The lowest BCUT2D eigenvalue weighted by Gasteiger charge is -2.31. The van der Waals surface area contributed by atoms with Crippen molar-refractivity contribution in [3.05, 3.63) is 35.4 Å². The third-order valence-electron chi connectivity index (χ3n) is 5.49. The molecule has 2 N–H and O–H groups in total. The van der Waals surface area contributed by atoms with Crippen molar-refractivity contribution in [2.75, 3.05) is 20.3 Å². The summed E-state index contributed by atoms with van der Waals surface area (Å²) < 4.78 is 4.50. The molecular weight excluding hydrogens is 402 g/mol. The minimum atomic E-state index is -0.658. The normalized spacial score (nSPS) is 22.6. The van der Waals surface area contributed by atoms with Crippen molar-refractivity contribution < 1.29 is 19.1 Å². The number of benzene rings is 1. The number of ether oxygens (including phenoxy) is 1. The lowest BCUT2D eigenvalue weighted by molar-refractivity contribution is -0.132. The van der Waals surface area contributed by atoms with Gasteiger partial charge in [0.1, 0.15) is 17.5 Å². The maximum atomic E-state index is 13.4. The van der Waals surface area contributed by atoms with Gasteiger partial charge in [-0.25, -0.2) is 0 Å². The van der Waals surface area contributed by atoms with E-state index < -0.39 is 16.8 Å². The second kappa shape index (κ2) is 8.98. The van der Waals surface area contributed by atoms with Gasteiger partial charge < -0.3 is 20.3 Å². The predicted octanol–water partition coefficient (Wildman–Crippen LogP) is 2.33. The minimum absolute atomic E-state index is 0.126. The standard InChI is InChI=1S/C22H31N3O4S/c1-13(2)12-16(18(26)23-10-11-29-5)24-19(27)17-22(3,4)30-21-15-9-7-6-8-14(15)20(28)25(17)21/h6-9,13,16-17,21H,10-12H2,1-5H3,(H,23,26)(H,24,27)/t16-,17+,21?/m0/s1. The van der Waals surface area contributed by atoms with Crippen molar-refractivity contribution in [1.29, 1.82) is 0 Å². The molecule has 3 amide bonds. The Labute approximate surface area is 182 Å². The summed E-state index contributed by atoms with van der Waals surface area (Å²) >= 11 is 1.61. The first kappa shape index (κ1) is 22.6.